The Labute approximate surface area is 117 Å². The molecule has 0 bridgehead atoms. The second-order valence-corrected chi connectivity index (χ2v) is 6.06. The van der Waals surface area contributed by atoms with Gasteiger partial charge in [-0.1, -0.05) is 18.2 Å². The zero-order valence-corrected chi connectivity index (χ0v) is 12.4. The fourth-order valence-electron chi connectivity index (χ4n) is 1.75. The van der Waals surface area contributed by atoms with Gasteiger partial charge in [0, 0.05) is 30.7 Å². The number of nitrogens with two attached hydrogens (primary N) is 1. The van der Waals surface area contributed by atoms with E-state index in [0.29, 0.717) is 25.3 Å². The molecule has 1 aromatic carbocycles. The van der Waals surface area contributed by atoms with E-state index in [9.17, 15) is 9.00 Å². The molecule has 1 atom stereocenters. The van der Waals surface area contributed by atoms with Crippen molar-refractivity contribution in [2.24, 2.45) is 5.73 Å². The van der Waals surface area contributed by atoms with Crippen molar-refractivity contribution in [2.45, 2.75) is 24.7 Å². The highest BCUT2D eigenvalue weighted by Gasteiger charge is 2.12. The Bertz CT molecular complexity index is 449. The van der Waals surface area contributed by atoms with Gasteiger partial charge < -0.3 is 10.6 Å². The second-order valence-electron chi connectivity index (χ2n) is 4.52. The van der Waals surface area contributed by atoms with E-state index in [0.717, 1.165) is 16.9 Å². The molecule has 0 fully saturated rings. The third kappa shape index (κ3) is 5.12. The average molecular weight is 282 g/mol. The summed E-state index contributed by atoms with van der Waals surface area (Å²) in [5.74, 6) is 0.395. The summed E-state index contributed by atoms with van der Waals surface area (Å²) >= 11 is 0. The molecule has 0 aliphatic heterocycles. The summed E-state index contributed by atoms with van der Waals surface area (Å²) in [5.41, 5.74) is 6.41. The maximum atomic E-state index is 12.1. The molecule has 1 rings (SSSR count). The van der Waals surface area contributed by atoms with Crippen molar-refractivity contribution < 1.29 is 9.00 Å². The molecule has 0 aliphatic rings. The van der Waals surface area contributed by atoms with Crippen LogP contribution in [0.4, 0.5) is 0 Å². The molecule has 5 heteroatoms. The number of carbonyl (C=O) groups excluding carboxylic acids is 1. The molecule has 0 saturated heterocycles. The highest BCUT2D eigenvalue weighted by Crippen LogP contribution is 2.13. The molecule has 0 radical (unpaired) electrons. The fourth-order valence-corrected chi connectivity index (χ4v) is 2.98. The van der Waals surface area contributed by atoms with Crippen LogP contribution in [0.5, 0.6) is 0 Å². The van der Waals surface area contributed by atoms with Gasteiger partial charge in [-0.05, 0) is 31.5 Å². The first-order valence-corrected chi connectivity index (χ1v) is 7.76. The van der Waals surface area contributed by atoms with E-state index in [4.69, 9.17) is 5.73 Å². The van der Waals surface area contributed by atoms with Crippen LogP contribution in [0.15, 0.2) is 29.2 Å². The standard InChI is InChI=1S/C14H22N2O2S/c1-12-6-3-4-7-13(12)19(18)11-8-14(17)16(2)10-5-9-15/h3-4,6-7H,5,8-11,15H2,1-2H3. The van der Waals surface area contributed by atoms with Crippen LogP contribution < -0.4 is 5.73 Å². The van der Waals surface area contributed by atoms with Crippen molar-refractivity contribution in [3.05, 3.63) is 29.8 Å². The van der Waals surface area contributed by atoms with E-state index in [1.807, 2.05) is 31.2 Å². The van der Waals surface area contributed by atoms with Gasteiger partial charge in [0.15, 0.2) is 0 Å². The Morgan fingerprint density at radius 1 is 1.37 bits per heavy atom. The minimum absolute atomic E-state index is 0.0235. The normalized spacial score (nSPS) is 12.2. The van der Waals surface area contributed by atoms with Crippen molar-refractivity contribution in [3.63, 3.8) is 0 Å². The van der Waals surface area contributed by atoms with Crippen molar-refractivity contribution >= 4 is 16.7 Å². The number of nitrogens with zero attached hydrogens (tertiary/aromatic N) is 1. The molecule has 0 aromatic heterocycles. The predicted molar refractivity (Wildman–Crippen MR) is 78.4 cm³/mol. The van der Waals surface area contributed by atoms with Crippen LogP contribution in [0, 0.1) is 6.92 Å². The van der Waals surface area contributed by atoms with Crippen molar-refractivity contribution in [3.8, 4) is 0 Å². The van der Waals surface area contributed by atoms with Gasteiger partial charge in [0.25, 0.3) is 0 Å². The Kier molecular flexibility index (Phi) is 6.73. The summed E-state index contributed by atoms with van der Waals surface area (Å²) < 4.78 is 12.1. The molecule has 1 amide bonds. The lowest BCUT2D eigenvalue weighted by Gasteiger charge is -2.16. The summed E-state index contributed by atoms with van der Waals surface area (Å²) in [7, 11) is 0.649. The van der Waals surface area contributed by atoms with Gasteiger partial charge in [0.2, 0.25) is 5.91 Å². The third-order valence-corrected chi connectivity index (χ3v) is 4.49. The molecule has 106 valence electrons. The second kappa shape index (κ2) is 8.07. The zero-order chi connectivity index (χ0) is 14.3. The smallest absolute Gasteiger partial charge is 0.223 e. The number of hydrogen-bond acceptors (Lipinski definition) is 3. The maximum absolute atomic E-state index is 12.1. The molecule has 4 nitrogen and oxygen atoms in total. The van der Waals surface area contributed by atoms with Crippen LogP contribution in [-0.2, 0) is 15.6 Å². The summed E-state index contributed by atoms with van der Waals surface area (Å²) in [4.78, 5) is 14.3. The minimum Gasteiger partial charge on any atom is -0.346 e. The number of carbonyl (C=O) groups is 1. The molecule has 2 N–H and O–H groups in total. The zero-order valence-electron chi connectivity index (χ0n) is 11.6. The maximum Gasteiger partial charge on any atom is 0.223 e. The van der Waals surface area contributed by atoms with E-state index in [-0.39, 0.29) is 5.91 Å². The van der Waals surface area contributed by atoms with Crippen LogP contribution in [0.1, 0.15) is 18.4 Å². The monoisotopic (exact) mass is 282 g/mol. The molecule has 0 aliphatic carbocycles. The van der Waals surface area contributed by atoms with Gasteiger partial charge in [0.1, 0.15) is 0 Å². The minimum atomic E-state index is -1.11. The molecule has 19 heavy (non-hydrogen) atoms. The Hall–Kier alpha value is -1.20. The first kappa shape index (κ1) is 15.9. The largest absolute Gasteiger partial charge is 0.346 e. The van der Waals surface area contributed by atoms with Crippen LogP contribution in [-0.4, -0.2) is 40.9 Å². The Morgan fingerprint density at radius 3 is 2.68 bits per heavy atom. The molecule has 0 heterocycles. The predicted octanol–water partition coefficient (Wildman–Crippen LogP) is 1.30. The van der Waals surface area contributed by atoms with Crippen LogP contribution >= 0.6 is 0 Å². The van der Waals surface area contributed by atoms with E-state index < -0.39 is 10.8 Å². The lowest BCUT2D eigenvalue weighted by atomic mass is 10.2. The topological polar surface area (TPSA) is 63.4 Å². The fraction of sp³-hybridized carbons (Fsp3) is 0.500. The van der Waals surface area contributed by atoms with E-state index in [1.54, 1.807) is 11.9 Å². The molecule has 1 unspecified atom stereocenters. The first-order chi connectivity index (χ1) is 9.06. The quantitative estimate of drug-likeness (QED) is 0.820. The summed E-state index contributed by atoms with van der Waals surface area (Å²) in [6.07, 6.45) is 1.10. The van der Waals surface area contributed by atoms with E-state index in [1.165, 1.54) is 0 Å². The molecular weight excluding hydrogens is 260 g/mol. The SMILES string of the molecule is Cc1ccccc1S(=O)CCC(=O)N(C)CCCN. The molecule has 1 aromatic rings. The van der Waals surface area contributed by atoms with Gasteiger partial charge in [-0.2, -0.15) is 0 Å². The highest BCUT2D eigenvalue weighted by atomic mass is 32.2. The number of rotatable bonds is 7. The third-order valence-electron chi connectivity index (χ3n) is 2.96. The number of amides is 1. The van der Waals surface area contributed by atoms with Gasteiger partial charge in [-0.25, -0.2) is 0 Å². The van der Waals surface area contributed by atoms with Crippen molar-refractivity contribution in [1.82, 2.24) is 4.90 Å². The van der Waals surface area contributed by atoms with E-state index in [2.05, 4.69) is 0 Å². The Morgan fingerprint density at radius 2 is 2.05 bits per heavy atom. The van der Waals surface area contributed by atoms with Gasteiger partial charge in [0.05, 0.1) is 10.8 Å². The van der Waals surface area contributed by atoms with E-state index >= 15 is 0 Å². The van der Waals surface area contributed by atoms with Crippen LogP contribution in [0.25, 0.3) is 0 Å². The lowest BCUT2D eigenvalue weighted by molar-refractivity contribution is -0.129. The van der Waals surface area contributed by atoms with Crippen molar-refractivity contribution in [1.29, 1.82) is 0 Å². The molecule has 0 spiro atoms. The first-order valence-electron chi connectivity index (χ1n) is 6.44. The van der Waals surface area contributed by atoms with Gasteiger partial charge >= 0.3 is 0 Å². The average Bonchev–Trinajstić information content (AvgIpc) is 2.42. The highest BCUT2D eigenvalue weighted by molar-refractivity contribution is 7.85. The van der Waals surface area contributed by atoms with Crippen molar-refractivity contribution in [2.75, 3.05) is 25.9 Å². The number of aryl methyl sites for hydroxylation is 1. The van der Waals surface area contributed by atoms with Gasteiger partial charge in [-0.3, -0.25) is 9.00 Å². The number of hydrogen-bond donors (Lipinski definition) is 1. The van der Waals surface area contributed by atoms with Crippen LogP contribution in [0.2, 0.25) is 0 Å². The summed E-state index contributed by atoms with van der Waals surface area (Å²) in [5, 5.41) is 0. The van der Waals surface area contributed by atoms with Gasteiger partial charge in [-0.15, -0.1) is 0 Å². The molecule has 0 saturated carbocycles. The lowest BCUT2D eigenvalue weighted by Crippen LogP contribution is -2.29. The van der Waals surface area contributed by atoms with Crippen LogP contribution in [0.3, 0.4) is 0 Å². The Balaban J connectivity index is 2.46. The number of benzene rings is 1. The summed E-state index contributed by atoms with van der Waals surface area (Å²) in [6, 6.07) is 7.58. The summed E-state index contributed by atoms with van der Waals surface area (Å²) in [6.45, 7) is 3.17. The molecular formula is C14H22N2O2S.